The maximum absolute atomic E-state index is 12.1. The Labute approximate surface area is 118 Å². The molecule has 0 radical (unpaired) electrons. The summed E-state index contributed by atoms with van der Waals surface area (Å²) in [7, 11) is 0. The summed E-state index contributed by atoms with van der Waals surface area (Å²) in [4.78, 5) is 12.1. The van der Waals surface area contributed by atoms with Crippen molar-refractivity contribution in [3.05, 3.63) is 60.1 Å². The first kappa shape index (κ1) is 14.3. The second kappa shape index (κ2) is 7.50. The molecule has 4 heteroatoms. The highest BCUT2D eigenvalue weighted by atomic mass is 16.5. The van der Waals surface area contributed by atoms with Gasteiger partial charge in [0.05, 0.1) is 25.3 Å². The van der Waals surface area contributed by atoms with Crippen molar-refractivity contribution in [2.45, 2.75) is 19.4 Å². The molecule has 1 aromatic carbocycles. The quantitative estimate of drug-likeness (QED) is 0.788. The average Bonchev–Trinajstić information content (AvgIpc) is 2.98. The number of carbonyl (C=O) groups excluding carboxylic acids is 1. The van der Waals surface area contributed by atoms with Gasteiger partial charge in [0.15, 0.2) is 0 Å². The van der Waals surface area contributed by atoms with Gasteiger partial charge >= 0.3 is 5.97 Å². The fraction of sp³-hybridized carbons (Fsp3) is 0.312. The van der Waals surface area contributed by atoms with E-state index in [2.05, 4.69) is 5.32 Å². The van der Waals surface area contributed by atoms with Crippen LogP contribution in [0.4, 0.5) is 0 Å². The van der Waals surface area contributed by atoms with Gasteiger partial charge in [0.2, 0.25) is 0 Å². The summed E-state index contributed by atoms with van der Waals surface area (Å²) in [5.41, 5.74) is 0.956. The Bertz CT molecular complexity index is 508. The van der Waals surface area contributed by atoms with Gasteiger partial charge in [-0.05, 0) is 24.6 Å². The number of hydrogen-bond donors (Lipinski definition) is 1. The highest BCUT2D eigenvalue weighted by molar-refractivity contribution is 5.78. The van der Waals surface area contributed by atoms with E-state index in [0.29, 0.717) is 19.7 Å². The third-order valence-corrected chi connectivity index (χ3v) is 3.00. The first-order chi connectivity index (χ1) is 9.81. The van der Waals surface area contributed by atoms with Crippen LogP contribution in [-0.4, -0.2) is 19.1 Å². The molecule has 1 unspecified atom stereocenters. The monoisotopic (exact) mass is 273 g/mol. The Morgan fingerprint density at radius 2 is 2.05 bits per heavy atom. The molecule has 0 aliphatic heterocycles. The molecule has 0 aliphatic carbocycles. The molecule has 0 spiro atoms. The van der Waals surface area contributed by atoms with Crippen LogP contribution in [-0.2, 0) is 16.1 Å². The molecule has 1 aromatic heterocycles. The number of benzene rings is 1. The van der Waals surface area contributed by atoms with Crippen molar-refractivity contribution in [1.82, 2.24) is 5.32 Å². The fourth-order valence-corrected chi connectivity index (χ4v) is 2.02. The lowest BCUT2D eigenvalue weighted by Crippen LogP contribution is -2.28. The minimum Gasteiger partial charge on any atom is -0.468 e. The lowest BCUT2D eigenvalue weighted by molar-refractivity contribution is -0.144. The van der Waals surface area contributed by atoms with Crippen LogP contribution < -0.4 is 5.32 Å². The first-order valence-corrected chi connectivity index (χ1v) is 6.76. The van der Waals surface area contributed by atoms with Crippen molar-refractivity contribution in [1.29, 1.82) is 0 Å². The second-order valence-electron chi connectivity index (χ2n) is 4.43. The van der Waals surface area contributed by atoms with E-state index in [1.807, 2.05) is 49.4 Å². The maximum Gasteiger partial charge on any atom is 0.314 e. The van der Waals surface area contributed by atoms with E-state index in [9.17, 15) is 4.79 Å². The summed E-state index contributed by atoms with van der Waals surface area (Å²) >= 11 is 0. The SMILES string of the molecule is CCOC(=O)C(CNCc1ccco1)c1ccccc1. The zero-order valence-electron chi connectivity index (χ0n) is 11.5. The smallest absolute Gasteiger partial charge is 0.314 e. The number of carbonyl (C=O) groups is 1. The molecule has 20 heavy (non-hydrogen) atoms. The van der Waals surface area contributed by atoms with Gasteiger partial charge < -0.3 is 14.5 Å². The van der Waals surface area contributed by atoms with Crippen LogP contribution in [0, 0.1) is 0 Å². The molecule has 4 nitrogen and oxygen atoms in total. The van der Waals surface area contributed by atoms with Gasteiger partial charge in [-0.3, -0.25) is 4.79 Å². The summed E-state index contributed by atoms with van der Waals surface area (Å²) in [5, 5.41) is 3.23. The highest BCUT2D eigenvalue weighted by Gasteiger charge is 2.21. The fourth-order valence-electron chi connectivity index (χ4n) is 2.02. The normalized spacial score (nSPS) is 12.1. The van der Waals surface area contributed by atoms with Crippen LogP contribution in [0.2, 0.25) is 0 Å². The Kier molecular flexibility index (Phi) is 5.38. The molecule has 0 saturated carbocycles. The average molecular weight is 273 g/mol. The Balaban J connectivity index is 1.97. The molecule has 2 rings (SSSR count). The highest BCUT2D eigenvalue weighted by Crippen LogP contribution is 2.16. The molecule has 0 amide bonds. The number of furan rings is 1. The van der Waals surface area contributed by atoms with Crippen molar-refractivity contribution in [3.8, 4) is 0 Å². The molecule has 1 heterocycles. The summed E-state index contributed by atoms with van der Waals surface area (Å²) in [6, 6.07) is 13.4. The van der Waals surface area contributed by atoms with Gasteiger partial charge in [-0.1, -0.05) is 30.3 Å². The largest absolute Gasteiger partial charge is 0.468 e. The van der Waals surface area contributed by atoms with Crippen LogP contribution in [0.1, 0.15) is 24.2 Å². The van der Waals surface area contributed by atoms with E-state index < -0.39 is 0 Å². The van der Waals surface area contributed by atoms with Crippen LogP contribution in [0.15, 0.2) is 53.1 Å². The lowest BCUT2D eigenvalue weighted by atomic mass is 9.99. The third kappa shape index (κ3) is 3.96. The number of hydrogen-bond acceptors (Lipinski definition) is 4. The zero-order valence-corrected chi connectivity index (χ0v) is 11.5. The predicted octanol–water partition coefficient (Wildman–Crippen LogP) is 2.72. The van der Waals surface area contributed by atoms with Crippen molar-refractivity contribution < 1.29 is 13.9 Å². The number of esters is 1. The van der Waals surface area contributed by atoms with Crippen LogP contribution in [0.3, 0.4) is 0 Å². The van der Waals surface area contributed by atoms with Crippen molar-refractivity contribution in [2.75, 3.05) is 13.2 Å². The van der Waals surface area contributed by atoms with E-state index in [1.165, 1.54) is 0 Å². The third-order valence-electron chi connectivity index (χ3n) is 3.00. The molecule has 0 fully saturated rings. The number of ether oxygens (including phenoxy) is 1. The zero-order chi connectivity index (χ0) is 14.2. The number of nitrogens with one attached hydrogen (secondary N) is 1. The molecular weight excluding hydrogens is 254 g/mol. The lowest BCUT2D eigenvalue weighted by Gasteiger charge is -2.16. The Hall–Kier alpha value is -2.07. The van der Waals surface area contributed by atoms with E-state index >= 15 is 0 Å². The van der Waals surface area contributed by atoms with E-state index in [4.69, 9.17) is 9.15 Å². The molecule has 1 N–H and O–H groups in total. The van der Waals surface area contributed by atoms with Crippen molar-refractivity contribution >= 4 is 5.97 Å². The summed E-state index contributed by atoms with van der Waals surface area (Å²) < 4.78 is 10.4. The standard InChI is InChI=1S/C16H19NO3/c1-2-19-16(18)15(13-7-4-3-5-8-13)12-17-11-14-9-6-10-20-14/h3-10,15,17H,2,11-12H2,1H3. The van der Waals surface area contributed by atoms with E-state index in [-0.39, 0.29) is 11.9 Å². The molecule has 1 atom stereocenters. The molecule has 106 valence electrons. The van der Waals surface area contributed by atoms with Crippen molar-refractivity contribution in [3.63, 3.8) is 0 Å². The minimum atomic E-state index is -0.300. The summed E-state index contributed by atoms with van der Waals surface area (Å²) in [5.74, 6) is 0.345. The Morgan fingerprint density at radius 3 is 2.70 bits per heavy atom. The molecule has 0 aliphatic rings. The topological polar surface area (TPSA) is 51.5 Å². The van der Waals surface area contributed by atoms with E-state index in [1.54, 1.807) is 6.26 Å². The summed E-state index contributed by atoms with van der Waals surface area (Å²) in [6.45, 7) is 3.32. The van der Waals surface area contributed by atoms with Gasteiger partial charge in [-0.25, -0.2) is 0 Å². The van der Waals surface area contributed by atoms with Crippen molar-refractivity contribution in [2.24, 2.45) is 0 Å². The van der Waals surface area contributed by atoms with Gasteiger partial charge in [-0.15, -0.1) is 0 Å². The van der Waals surface area contributed by atoms with E-state index in [0.717, 1.165) is 11.3 Å². The molecular formula is C16H19NO3. The van der Waals surface area contributed by atoms with Crippen LogP contribution >= 0.6 is 0 Å². The van der Waals surface area contributed by atoms with Gasteiger partial charge in [0.25, 0.3) is 0 Å². The van der Waals surface area contributed by atoms with Crippen LogP contribution in [0.25, 0.3) is 0 Å². The molecule has 0 saturated heterocycles. The minimum absolute atomic E-state index is 0.203. The Morgan fingerprint density at radius 1 is 1.25 bits per heavy atom. The van der Waals surface area contributed by atoms with Crippen LogP contribution in [0.5, 0.6) is 0 Å². The first-order valence-electron chi connectivity index (χ1n) is 6.76. The second-order valence-corrected chi connectivity index (χ2v) is 4.43. The van der Waals surface area contributed by atoms with Gasteiger partial charge in [0.1, 0.15) is 5.76 Å². The maximum atomic E-state index is 12.1. The molecule has 2 aromatic rings. The van der Waals surface area contributed by atoms with Gasteiger partial charge in [-0.2, -0.15) is 0 Å². The number of rotatable bonds is 7. The predicted molar refractivity (Wildman–Crippen MR) is 76.2 cm³/mol. The molecule has 0 bridgehead atoms. The summed E-state index contributed by atoms with van der Waals surface area (Å²) in [6.07, 6.45) is 1.64. The van der Waals surface area contributed by atoms with Gasteiger partial charge in [0, 0.05) is 6.54 Å².